The molecule has 0 aliphatic carbocycles. The van der Waals surface area contributed by atoms with Gasteiger partial charge in [-0.15, -0.1) is 0 Å². The third-order valence-electron chi connectivity index (χ3n) is 5.31. The van der Waals surface area contributed by atoms with Crippen LogP contribution in [-0.4, -0.2) is 88.9 Å². The number of rotatable bonds is 12. The molecule has 0 unspecified atom stereocenters. The number of likely N-dealkylation sites (tertiary alicyclic amines) is 1. The van der Waals surface area contributed by atoms with Crippen LogP contribution in [0, 0.1) is 0 Å². The van der Waals surface area contributed by atoms with E-state index in [0.29, 0.717) is 19.3 Å². The van der Waals surface area contributed by atoms with E-state index in [9.17, 15) is 29.1 Å². The smallest absolute Gasteiger partial charge is 0.245 e. The molecule has 0 spiro atoms. The van der Waals surface area contributed by atoms with Crippen LogP contribution in [0.5, 0.6) is 0 Å². The Kier molecular flexibility index (Phi) is 11.2. The first-order chi connectivity index (χ1) is 15.8. The number of carbonyl (C=O) groups excluding carboxylic acids is 5. The van der Waals surface area contributed by atoms with Crippen LogP contribution < -0.4 is 33.2 Å². The van der Waals surface area contributed by atoms with Gasteiger partial charge in [-0.3, -0.25) is 29.0 Å². The molecule has 14 nitrogen and oxygen atoms in total. The van der Waals surface area contributed by atoms with Crippen LogP contribution in [0.15, 0.2) is 4.99 Å². The minimum Gasteiger partial charge on any atom is -0.391 e. The van der Waals surface area contributed by atoms with E-state index in [4.69, 9.17) is 17.2 Å². The van der Waals surface area contributed by atoms with E-state index in [2.05, 4.69) is 20.9 Å². The summed E-state index contributed by atoms with van der Waals surface area (Å²) in [5.74, 6) is -3.16. The SMILES string of the molecule is CC(=O)N[C@H](C(=O)N[C@@H](CCCN=C(N)N)C(=O)N1CCC[C@H]1C(=O)N[C@H](C)C(N)=O)[C@H](C)O. The summed E-state index contributed by atoms with van der Waals surface area (Å²) in [4.78, 5) is 66.7. The van der Waals surface area contributed by atoms with Gasteiger partial charge in [0.05, 0.1) is 6.10 Å². The lowest BCUT2D eigenvalue weighted by Crippen LogP contribution is -2.59. The van der Waals surface area contributed by atoms with E-state index in [1.54, 1.807) is 0 Å². The Morgan fingerprint density at radius 3 is 2.26 bits per heavy atom. The zero-order chi connectivity index (χ0) is 26.0. The summed E-state index contributed by atoms with van der Waals surface area (Å²) in [5.41, 5.74) is 15.8. The van der Waals surface area contributed by atoms with E-state index in [-0.39, 0.29) is 25.5 Å². The summed E-state index contributed by atoms with van der Waals surface area (Å²) in [6, 6.07) is -4.10. The molecule has 5 amide bonds. The lowest BCUT2D eigenvalue weighted by atomic mass is 10.1. The highest BCUT2D eigenvalue weighted by atomic mass is 16.3. The molecule has 5 atom stereocenters. The molecule has 0 saturated carbocycles. The van der Waals surface area contributed by atoms with E-state index >= 15 is 0 Å². The molecule has 192 valence electrons. The van der Waals surface area contributed by atoms with E-state index < -0.39 is 59.8 Å². The van der Waals surface area contributed by atoms with E-state index in [1.165, 1.54) is 25.7 Å². The average Bonchev–Trinajstić information content (AvgIpc) is 3.22. The van der Waals surface area contributed by atoms with E-state index in [1.807, 2.05) is 0 Å². The number of carbonyl (C=O) groups is 5. The van der Waals surface area contributed by atoms with Gasteiger partial charge in [-0.1, -0.05) is 0 Å². The third kappa shape index (κ3) is 8.84. The molecule has 1 saturated heterocycles. The van der Waals surface area contributed by atoms with Gasteiger partial charge in [-0.25, -0.2) is 0 Å². The van der Waals surface area contributed by atoms with Crippen molar-refractivity contribution in [2.75, 3.05) is 13.1 Å². The normalized spacial score (nSPS) is 18.7. The predicted molar refractivity (Wildman–Crippen MR) is 123 cm³/mol. The second kappa shape index (κ2) is 13.3. The first kappa shape index (κ1) is 28.6. The van der Waals surface area contributed by atoms with Crippen molar-refractivity contribution < 1.29 is 29.1 Å². The standard InChI is InChI=1S/C20H36N8O6/c1-10(16(21)31)25-17(32)14-7-5-9-28(14)19(34)13(6-4-8-24-20(22)23)27-18(33)15(11(2)29)26-12(3)30/h10-11,13-15,29H,4-9H2,1-3H3,(H2,21,31)(H,25,32)(H,26,30)(H,27,33)(H4,22,23,24)/t10-,11+,13+,14+,15+/m1/s1. The van der Waals surface area contributed by atoms with Crippen LogP contribution in [-0.2, 0) is 24.0 Å². The maximum atomic E-state index is 13.4. The van der Waals surface area contributed by atoms with Crippen LogP contribution in [0.1, 0.15) is 46.5 Å². The monoisotopic (exact) mass is 484 g/mol. The molecule has 34 heavy (non-hydrogen) atoms. The molecule has 14 heteroatoms. The predicted octanol–water partition coefficient (Wildman–Crippen LogP) is -3.61. The van der Waals surface area contributed by atoms with Crippen LogP contribution in [0.25, 0.3) is 0 Å². The number of aliphatic hydroxyl groups is 1. The van der Waals surface area contributed by atoms with Gasteiger partial charge in [-0.05, 0) is 39.5 Å². The number of hydrogen-bond acceptors (Lipinski definition) is 7. The van der Waals surface area contributed by atoms with Crippen molar-refractivity contribution in [2.24, 2.45) is 22.2 Å². The van der Waals surface area contributed by atoms with Gasteiger partial charge < -0.3 is 43.2 Å². The molecular formula is C20H36N8O6. The molecular weight excluding hydrogens is 448 g/mol. The Morgan fingerprint density at radius 2 is 1.74 bits per heavy atom. The number of amides is 5. The Bertz CT molecular complexity index is 798. The van der Waals surface area contributed by atoms with Gasteiger partial charge in [0.15, 0.2) is 5.96 Å². The molecule has 0 aromatic heterocycles. The van der Waals surface area contributed by atoms with Crippen LogP contribution in [0.3, 0.4) is 0 Å². The molecule has 10 N–H and O–H groups in total. The molecule has 1 fully saturated rings. The van der Waals surface area contributed by atoms with Gasteiger partial charge in [0.25, 0.3) is 0 Å². The lowest BCUT2D eigenvalue weighted by molar-refractivity contribution is -0.142. The number of guanidine groups is 1. The van der Waals surface area contributed by atoms with Crippen molar-refractivity contribution in [3.05, 3.63) is 0 Å². The largest absolute Gasteiger partial charge is 0.391 e. The average molecular weight is 485 g/mol. The summed E-state index contributed by atoms with van der Waals surface area (Å²) in [5, 5.41) is 17.3. The Morgan fingerprint density at radius 1 is 1.09 bits per heavy atom. The second-order valence-corrected chi connectivity index (χ2v) is 8.25. The highest BCUT2D eigenvalue weighted by Crippen LogP contribution is 2.20. The number of aliphatic imine (C=N–C) groups is 1. The van der Waals surface area contributed by atoms with Gasteiger partial charge in [0.2, 0.25) is 29.5 Å². The van der Waals surface area contributed by atoms with Crippen molar-refractivity contribution in [3.63, 3.8) is 0 Å². The van der Waals surface area contributed by atoms with Crippen molar-refractivity contribution >= 4 is 35.5 Å². The molecule has 0 bridgehead atoms. The topological polar surface area (TPSA) is 235 Å². The highest BCUT2D eigenvalue weighted by Gasteiger charge is 2.39. The van der Waals surface area contributed by atoms with Crippen molar-refractivity contribution in [3.8, 4) is 0 Å². The number of hydrogen-bond donors (Lipinski definition) is 7. The zero-order valence-corrected chi connectivity index (χ0v) is 19.7. The fourth-order valence-corrected chi connectivity index (χ4v) is 3.53. The number of primary amides is 1. The van der Waals surface area contributed by atoms with E-state index in [0.717, 1.165) is 0 Å². The lowest BCUT2D eigenvalue weighted by Gasteiger charge is -2.30. The van der Waals surface area contributed by atoms with Crippen LogP contribution in [0.2, 0.25) is 0 Å². The molecule has 0 aromatic rings. The molecule has 0 radical (unpaired) electrons. The Balaban J connectivity index is 3.04. The summed E-state index contributed by atoms with van der Waals surface area (Å²) in [6.07, 6.45) is 0.168. The number of nitrogens with zero attached hydrogens (tertiary/aromatic N) is 2. The van der Waals surface area contributed by atoms with Gasteiger partial charge in [-0.2, -0.15) is 0 Å². The molecule has 1 aliphatic rings. The van der Waals surface area contributed by atoms with Crippen molar-refractivity contribution in [1.82, 2.24) is 20.9 Å². The van der Waals surface area contributed by atoms with Gasteiger partial charge >= 0.3 is 0 Å². The fraction of sp³-hybridized carbons (Fsp3) is 0.700. The summed E-state index contributed by atoms with van der Waals surface area (Å²) < 4.78 is 0. The van der Waals surface area contributed by atoms with Crippen molar-refractivity contribution in [1.29, 1.82) is 0 Å². The summed E-state index contributed by atoms with van der Waals surface area (Å²) >= 11 is 0. The third-order valence-corrected chi connectivity index (χ3v) is 5.31. The molecule has 1 aliphatic heterocycles. The number of nitrogens with two attached hydrogens (primary N) is 3. The minimum atomic E-state index is -1.28. The first-order valence-corrected chi connectivity index (χ1v) is 11.1. The van der Waals surface area contributed by atoms with Crippen LogP contribution >= 0.6 is 0 Å². The maximum absolute atomic E-state index is 13.4. The van der Waals surface area contributed by atoms with Crippen LogP contribution in [0.4, 0.5) is 0 Å². The van der Waals surface area contributed by atoms with Gasteiger partial charge in [0.1, 0.15) is 24.2 Å². The fourth-order valence-electron chi connectivity index (χ4n) is 3.53. The molecule has 1 rings (SSSR count). The zero-order valence-electron chi connectivity index (χ0n) is 19.7. The Labute approximate surface area is 198 Å². The highest BCUT2D eigenvalue weighted by molar-refractivity contribution is 5.95. The minimum absolute atomic E-state index is 0.119. The number of nitrogens with one attached hydrogen (secondary N) is 3. The quantitative estimate of drug-likeness (QED) is 0.0827. The van der Waals surface area contributed by atoms with Gasteiger partial charge in [0, 0.05) is 20.0 Å². The first-order valence-electron chi connectivity index (χ1n) is 11.1. The number of aliphatic hydroxyl groups excluding tert-OH is 1. The molecule has 1 heterocycles. The van der Waals surface area contributed by atoms with Crippen molar-refractivity contribution in [2.45, 2.75) is 76.7 Å². The summed E-state index contributed by atoms with van der Waals surface area (Å²) in [6.45, 7) is 4.44. The second-order valence-electron chi connectivity index (χ2n) is 8.25. The summed E-state index contributed by atoms with van der Waals surface area (Å²) in [7, 11) is 0. The Hall–Kier alpha value is -3.42. The maximum Gasteiger partial charge on any atom is 0.245 e. The molecule has 0 aromatic carbocycles.